The summed E-state index contributed by atoms with van der Waals surface area (Å²) in [5, 5.41) is 2.46. The van der Waals surface area contributed by atoms with Gasteiger partial charge in [-0.3, -0.25) is 4.79 Å². The number of nitrogens with one attached hydrogen (secondary N) is 1. The first-order valence-electron chi connectivity index (χ1n) is 9.09. The molecule has 1 aliphatic carbocycles. The van der Waals surface area contributed by atoms with Crippen molar-refractivity contribution in [3.63, 3.8) is 0 Å². The van der Waals surface area contributed by atoms with Crippen molar-refractivity contribution in [1.82, 2.24) is 9.62 Å². The normalized spacial score (nSPS) is 21.3. The number of benzene rings is 1. The Bertz CT molecular complexity index is 761. The van der Waals surface area contributed by atoms with Crippen LogP contribution >= 0.6 is 0 Å². The summed E-state index contributed by atoms with van der Waals surface area (Å²) in [6.45, 7) is 3.98. The number of sulfonamides is 1. The third kappa shape index (κ3) is 5.01. The summed E-state index contributed by atoms with van der Waals surface area (Å²) in [7, 11) is -3.75. The van der Waals surface area contributed by atoms with Crippen molar-refractivity contribution in [1.29, 1.82) is 0 Å². The van der Waals surface area contributed by atoms with Gasteiger partial charge >= 0.3 is 6.18 Å². The van der Waals surface area contributed by atoms with Crippen LogP contribution in [-0.4, -0.2) is 43.9 Å². The minimum atomic E-state index is -4.37. The molecular weight excluding hydrogens is 381 g/mol. The molecule has 1 aliphatic rings. The molecule has 1 aromatic rings. The van der Waals surface area contributed by atoms with E-state index in [1.165, 1.54) is 28.6 Å². The Morgan fingerprint density at radius 1 is 1.19 bits per heavy atom. The molecule has 0 heterocycles. The molecule has 0 radical (unpaired) electrons. The van der Waals surface area contributed by atoms with Crippen LogP contribution in [0.25, 0.3) is 0 Å². The van der Waals surface area contributed by atoms with Crippen molar-refractivity contribution < 1.29 is 26.4 Å². The van der Waals surface area contributed by atoms with E-state index in [2.05, 4.69) is 5.32 Å². The molecule has 2 unspecified atom stereocenters. The van der Waals surface area contributed by atoms with Crippen molar-refractivity contribution in [3.05, 3.63) is 29.8 Å². The Hall–Kier alpha value is -1.61. The van der Waals surface area contributed by atoms with Gasteiger partial charge in [0.15, 0.2) is 0 Å². The first-order valence-corrected chi connectivity index (χ1v) is 10.5. The highest BCUT2D eigenvalue weighted by Crippen LogP contribution is 2.37. The quantitative estimate of drug-likeness (QED) is 0.786. The highest BCUT2D eigenvalue weighted by atomic mass is 32.2. The third-order valence-electron chi connectivity index (χ3n) is 4.94. The highest BCUT2D eigenvalue weighted by molar-refractivity contribution is 7.89. The van der Waals surface area contributed by atoms with Gasteiger partial charge in [-0.05, 0) is 31.0 Å². The van der Waals surface area contributed by atoms with Crippen molar-refractivity contribution in [3.8, 4) is 0 Å². The first kappa shape index (κ1) is 21.7. The van der Waals surface area contributed by atoms with Crippen molar-refractivity contribution in [2.24, 2.45) is 5.92 Å². The van der Waals surface area contributed by atoms with E-state index in [4.69, 9.17) is 0 Å². The largest absolute Gasteiger partial charge is 0.393 e. The number of hydrogen-bond donors (Lipinski definition) is 1. The molecule has 0 saturated heterocycles. The van der Waals surface area contributed by atoms with Gasteiger partial charge in [0.1, 0.15) is 0 Å². The fraction of sp³-hybridized carbons (Fsp3) is 0.611. The molecular formula is C18H25F3N2O3S. The van der Waals surface area contributed by atoms with Gasteiger partial charge < -0.3 is 5.32 Å². The molecule has 0 aliphatic heterocycles. The van der Waals surface area contributed by atoms with Crippen LogP contribution in [0.2, 0.25) is 0 Å². The maximum atomic E-state index is 13.2. The number of nitrogens with zero attached hydrogens (tertiary/aromatic N) is 1. The molecule has 1 fully saturated rings. The van der Waals surface area contributed by atoms with Crippen LogP contribution in [0.3, 0.4) is 0 Å². The number of rotatable bonds is 6. The topological polar surface area (TPSA) is 66.5 Å². The van der Waals surface area contributed by atoms with Crippen molar-refractivity contribution in [2.75, 3.05) is 13.1 Å². The van der Waals surface area contributed by atoms with E-state index < -0.39 is 34.1 Å². The fourth-order valence-corrected chi connectivity index (χ4v) is 4.96. The summed E-state index contributed by atoms with van der Waals surface area (Å²) in [5.74, 6) is -2.26. The van der Waals surface area contributed by atoms with Crippen LogP contribution in [0, 0.1) is 5.92 Å². The molecule has 9 heteroatoms. The van der Waals surface area contributed by atoms with Crippen molar-refractivity contribution in [2.45, 2.75) is 56.6 Å². The molecule has 2 rings (SSSR count). The highest BCUT2D eigenvalue weighted by Gasteiger charge is 2.46. The van der Waals surface area contributed by atoms with Crippen LogP contribution < -0.4 is 5.32 Å². The molecule has 0 bridgehead atoms. The number of alkyl halides is 3. The fourth-order valence-electron chi connectivity index (χ4n) is 3.46. The first-order chi connectivity index (χ1) is 12.6. The summed E-state index contributed by atoms with van der Waals surface area (Å²) in [5.41, 5.74) is 0.0368. The van der Waals surface area contributed by atoms with Gasteiger partial charge in [0.2, 0.25) is 10.0 Å². The smallest absolute Gasteiger partial charge is 0.349 e. The lowest BCUT2D eigenvalue weighted by Crippen LogP contribution is -2.47. The second kappa shape index (κ2) is 8.60. The predicted molar refractivity (Wildman–Crippen MR) is 95.8 cm³/mol. The SMILES string of the molecule is CCN(CC)S(=O)(=O)c1cccc(C(=O)NC2CCCCC2C(F)(F)F)c1. The molecule has 1 saturated carbocycles. The maximum absolute atomic E-state index is 13.2. The Kier molecular flexibility index (Phi) is 6.91. The standard InChI is InChI=1S/C18H25F3N2O3S/c1-3-23(4-2)27(25,26)14-9-7-8-13(12-14)17(24)22-16-11-6-5-10-15(16)18(19,20)21/h7-9,12,15-16H,3-6,10-11H2,1-2H3,(H,22,24). The second-order valence-corrected chi connectivity index (χ2v) is 8.57. The number of amides is 1. The minimum Gasteiger partial charge on any atom is -0.349 e. The minimum absolute atomic E-state index is 0.00910. The zero-order valence-electron chi connectivity index (χ0n) is 15.4. The van der Waals surface area contributed by atoms with E-state index in [1.54, 1.807) is 13.8 Å². The van der Waals surface area contributed by atoms with Gasteiger partial charge in [0.25, 0.3) is 5.91 Å². The van der Waals surface area contributed by atoms with E-state index in [9.17, 15) is 26.4 Å². The van der Waals surface area contributed by atoms with Gasteiger partial charge in [-0.15, -0.1) is 0 Å². The molecule has 2 atom stereocenters. The van der Waals surface area contributed by atoms with Crippen molar-refractivity contribution >= 4 is 15.9 Å². The van der Waals surface area contributed by atoms with Gasteiger partial charge in [-0.25, -0.2) is 8.42 Å². The maximum Gasteiger partial charge on any atom is 0.393 e. The molecule has 1 N–H and O–H groups in total. The summed E-state index contributed by atoms with van der Waals surface area (Å²) in [6.07, 6.45) is -3.02. The lowest BCUT2D eigenvalue weighted by Gasteiger charge is -2.33. The van der Waals surface area contributed by atoms with Crippen LogP contribution in [-0.2, 0) is 10.0 Å². The van der Waals surface area contributed by atoms with E-state index in [-0.39, 0.29) is 36.4 Å². The van der Waals surface area contributed by atoms with Crippen LogP contribution in [0.5, 0.6) is 0 Å². The zero-order chi connectivity index (χ0) is 20.2. The molecule has 1 aromatic carbocycles. The number of carbonyl (C=O) groups excluding carboxylic acids is 1. The Morgan fingerprint density at radius 3 is 2.41 bits per heavy atom. The van der Waals surface area contributed by atoms with Crippen LogP contribution in [0.4, 0.5) is 13.2 Å². The lowest BCUT2D eigenvalue weighted by atomic mass is 9.84. The Labute approximate surface area is 158 Å². The lowest BCUT2D eigenvalue weighted by molar-refractivity contribution is -0.187. The van der Waals surface area contributed by atoms with Gasteiger partial charge in [-0.2, -0.15) is 17.5 Å². The predicted octanol–water partition coefficient (Wildman–Crippen LogP) is 3.57. The van der Waals surface area contributed by atoms with E-state index in [0.717, 1.165) is 0 Å². The average Bonchev–Trinajstić information content (AvgIpc) is 2.62. The second-order valence-electron chi connectivity index (χ2n) is 6.63. The van der Waals surface area contributed by atoms with E-state index in [1.807, 2.05) is 0 Å². The number of halogens is 3. The summed E-state index contributed by atoms with van der Waals surface area (Å²) >= 11 is 0. The summed E-state index contributed by atoms with van der Waals surface area (Å²) in [6, 6.07) is 4.43. The zero-order valence-corrected chi connectivity index (χ0v) is 16.2. The summed E-state index contributed by atoms with van der Waals surface area (Å²) < 4.78 is 66.0. The molecule has 0 spiro atoms. The average molecular weight is 406 g/mol. The monoisotopic (exact) mass is 406 g/mol. The molecule has 152 valence electrons. The van der Waals surface area contributed by atoms with E-state index in [0.29, 0.717) is 12.8 Å². The number of carbonyl (C=O) groups is 1. The molecule has 0 aromatic heterocycles. The third-order valence-corrected chi connectivity index (χ3v) is 6.99. The molecule has 27 heavy (non-hydrogen) atoms. The Morgan fingerprint density at radius 2 is 1.81 bits per heavy atom. The Balaban J connectivity index is 2.22. The molecule has 1 amide bonds. The van der Waals surface area contributed by atoms with E-state index >= 15 is 0 Å². The van der Waals surface area contributed by atoms with Crippen LogP contribution in [0.15, 0.2) is 29.2 Å². The van der Waals surface area contributed by atoms with Crippen LogP contribution in [0.1, 0.15) is 49.9 Å². The molecule has 5 nitrogen and oxygen atoms in total. The van der Waals surface area contributed by atoms with Gasteiger partial charge in [0, 0.05) is 24.7 Å². The summed E-state index contributed by atoms with van der Waals surface area (Å²) in [4.78, 5) is 12.4. The van der Waals surface area contributed by atoms with Gasteiger partial charge in [-0.1, -0.05) is 32.8 Å². The van der Waals surface area contributed by atoms with Gasteiger partial charge in [0.05, 0.1) is 10.8 Å². The number of hydrogen-bond acceptors (Lipinski definition) is 3.